The van der Waals surface area contributed by atoms with Crippen LogP contribution in [0.15, 0.2) is 0 Å². The Morgan fingerprint density at radius 2 is 2.10 bits per heavy atom. The van der Waals surface area contributed by atoms with Crippen LogP contribution in [0.4, 0.5) is 4.79 Å². The van der Waals surface area contributed by atoms with Crippen molar-refractivity contribution in [3.8, 4) is 0 Å². The van der Waals surface area contributed by atoms with Crippen LogP contribution in [0.1, 0.15) is 19.3 Å². The van der Waals surface area contributed by atoms with Gasteiger partial charge in [0.05, 0.1) is 0 Å². The van der Waals surface area contributed by atoms with Gasteiger partial charge in [-0.3, -0.25) is 0 Å². The smallest absolute Gasteiger partial charge is 0.404 e. The van der Waals surface area contributed by atoms with Gasteiger partial charge in [0.1, 0.15) is 0 Å². The summed E-state index contributed by atoms with van der Waals surface area (Å²) >= 11 is 2.32. The number of amides is 1. The number of carboxylic acid groups (broad SMARTS) is 1. The van der Waals surface area contributed by atoms with Crippen LogP contribution in [0.2, 0.25) is 0 Å². The Hall–Kier alpha value is 0. The van der Waals surface area contributed by atoms with E-state index < -0.39 is 6.09 Å². The van der Waals surface area contributed by atoms with Gasteiger partial charge in [-0.15, -0.1) is 0 Å². The Balaban J connectivity index is 2.84. The van der Waals surface area contributed by atoms with E-state index >= 15 is 0 Å². The largest absolute Gasteiger partial charge is 0.465 e. The van der Waals surface area contributed by atoms with Crippen molar-refractivity contribution >= 4 is 28.7 Å². The fourth-order valence-electron chi connectivity index (χ4n) is 0.592. The predicted molar refractivity (Wildman–Crippen MR) is 48.8 cm³/mol. The fourth-order valence-corrected chi connectivity index (χ4v) is 1.13. The first-order valence-electron chi connectivity index (χ1n) is 3.30. The summed E-state index contributed by atoms with van der Waals surface area (Å²) in [4.78, 5) is 9.92. The standard InChI is InChI=1S/C6H12INO2/c7-4-2-1-3-5-8-6(9)10/h8H,1-5H2,(H,9,10). The summed E-state index contributed by atoms with van der Waals surface area (Å²) in [6.45, 7) is 0.589. The maximum absolute atomic E-state index is 9.92. The summed E-state index contributed by atoms with van der Waals surface area (Å²) in [6.07, 6.45) is 2.33. The third-order valence-electron chi connectivity index (χ3n) is 1.09. The van der Waals surface area contributed by atoms with Gasteiger partial charge in [-0.25, -0.2) is 4.79 Å². The lowest BCUT2D eigenvalue weighted by atomic mass is 10.2. The molecule has 60 valence electrons. The lowest BCUT2D eigenvalue weighted by Gasteiger charge is -1.98. The van der Waals surface area contributed by atoms with Crippen molar-refractivity contribution in [1.82, 2.24) is 5.32 Å². The molecule has 10 heavy (non-hydrogen) atoms. The molecule has 3 nitrogen and oxygen atoms in total. The molecule has 0 aliphatic rings. The summed E-state index contributed by atoms with van der Waals surface area (Å²) < 4.78 is 1.16. The van der Waals surface area contributed by atoms with Crippen LogP contribution in [0.5, 0.6) is 0 Å². The molecule has 2 N–H and O–H groups in total. The van der Waals surface area contributed by atoms with Gasteiger partial charge in [-0.05, 0) is 17.3 Å². The summed E-state index contributed by atoms with van der Waals surface area (Å²) in [7, 11) is 0. The molecule has 0 aromatic rings. The minimum Gasteiger partial charge on any atom is -0.465 e. The minimum absolute atomic E-state index is 0.589. The summed E-state index contributed by atoms with van der Waals surface area (Å²) in [5, 5.41) is 10.5. The van der Waals surface area contributed by atoms with Crippen LogP contribution in [0, 0.1) is 0 Å². The molecule has 0 atom stereocenters. The van der Waals surface area contributed by atoms with Crippen LogP contribution >= 0.6 is 22.6 Å². The van der Waals surface area contributed by atoms with E-state index in [-0.39, 0.29) is 0 Å². The van der Waals surface area contributed by atoms with Crippen LogP contribution in [-0.2, 0) is 0 Å². The first kappa shape index (κ1) is 10.0. The number of rotatable bonds is 5. The van der Waals surface area contributed by atoms with E-state index in [1.54, 1.807) is 0 Å². The van der Waals surface area contributed by atoms with E-state index in [4.69, 9.17) is 5.11 Å². The first-order valence-corrected chi connectivity index (χ1v) is 4.82. The maximum atomic E-state index is 9.92. The Labute approximate surface area is 74.3 Å². The molecule has 0 aromatic heterocycles. The zero-order valence-corrected chi connectivity index (χ0v) is 7.93. The average molecular weight is 257 g/mol. The van der Waals surface area contributed by atoms with E-state index in [1.165, 1.54) is 6.42 Å². The lowest BCUT2D eigenvalue weighted by molar-refractivity contribution is 0.194. The molecule has 0 fully saturated rings. The molecule has 0 saturated carbocycles. The monoisotopic (exact) mass is 257 g/mol. The number of alkyl halides is 1. The highest BCUT2D eigenvalue weighted by atomic mass is 127. The number of halogens is 1. The molecule has 0 unspecified atom stereocenters. The fraction of sp³-hybridized carbons (Fsp3) is 0.833. The SMILES string of the molecule is O=C(O)NCCCCCI. The predicted octanol–water partition coefficient (Wildman–Crippen LogP) is 1.86. The molecule has 0 aromatic carbocycles. The summed E-state index contributed by atoms with van der Waals surface area (Å²) in [6, 6.07) is 0. The highest BCUT2D eigenvalue weighted by Gasteiger charge is 1.91. The van der Waals surface area contributed by atoms with Gasteiger partial charge in [0.25, 0.3) is 0 Å². The van der Waals surface area contributed by atoms with Gasteiger partial charge < -0.3 is 10.4 Å². The van der Waals surface area contributed by atoms with E-state index in [0.29, 0.717) is 6.54 Å². The number of nitrogens with one attached hydrogen (secondary N) is 1. The molecule has 0 spiro atoms. The quantitative estimate of drug-likeness (QED) is 0.448. The van der Waals surface area contributed by atoms with Crippen molar-refractivity contribution < 1.29 is 9.90 Å². The normalized spacial score (nSPS) is 9.30. The summed E-state index contributed by atoms with van der Waals surface area (Å²) in [5.74, 6) is 0. The van der Waals surface area contributed by atoms with Crippen molar-refractivity contribution in [1.29, 1.82) is 0 Å². The van der Waals surface area contributed by atoms with Crippen molar-refractivity contribution in [3.05, 3.63) is 0 Å². The molecule has 0 rings (SSSR count). The zero-order valence-electron chi connectivity index (χ0n) is 5.77. The van der Waals surface area contributed by atoms with Gasteiger partial charge in [0.15, 0.2) is 0 Å². The minimum atomic E-state index is -0.922. The molecule has 4 heteroatoms. The Morgan fingerprint density at radius 1 is 1.40 bits per heavy atom. The van der Waals surface area contributed by atoms with Crippen LogP contribution < -0.4 is 5.32 Å². The second kappa shape index (κ2) is 7.11. The van der Waals surface area contributed by atoms with Gasteiger partial charge >= 0.3 is 6.09 Å². The number of hydrogen-bond donors (Lipinski definition) is 2. The number of unbranched alkanes of at least 4 members (excludes halogenated alkanes) is 2. The van der Waals surface area contributed by atoms with Crippen molar-refractivity contribution in [2.75, 3.05) is 11.0 Å². The van der Waals surface area contributed by atoms with Crippen LogP contribution in [0.3, 0.4) is 0 Å². The molecule has 0 aliphatic carbocycles. The molecule has 0 saturated heterocycles. The number of hydrogen-bond acceptors (Lipinski definition) is 1. The Bertz CT molecular complexity index is 97.7. The topological polar surface area (TPSA) is 49.3 Å². The Kier molecular flexibility index (Phi) is 7.11. The van der Waals surface area contributed by atoms with E-state index in [1.807, 2.05) is 0 Å². The highest BCUT2D eigenvalue weighted by molar-refractivity contribution is 14.1. The highest BCUT2D eigenvalue weighted by Crippen LogP contribution is 1.97. The maximum Gasteiger partial charge on any atom is 0.404 e. The second-order valence-electron chi connectivity index (χ2n) is 1.98. The zero-order chi connectivity index (χ0) is 7.82. The molecule has 0 radical (unpaired) electrons. The molecule has 0 aliphatic heterocycles. The van der Waals surface area contributed by atoms with Crippen molar-refractivity contribution in [2.45, 2.75) is 19.3 Å². The molecular formula is C6H12INO2. The van der Waals surface area contributed by atoms with Crippen molar-refractivity contribution in [3.63, 3.8) is 0 Å². The van der Waals surface area contributed by atoms with Crippen molar-refractivity contribution in [2.24, 2.45) is 0 Å². The van der Waals surface area contributed by atoms with E-state index in [0.717, 1.165) is 17.3 Å². The van der Waals surface area contributed by atoms with Gasteiger partial charge in [0.2, 0.25) is 0 Å². The Morgan fingerprint density at radius 3 is 2.60 bits per heavy atom. The van der Waals surface area contributed by atoms with Crippen LogP contribution in [-0.4, -0.2) is 22.2 Å². The van der Waals surface area contributed by atoms with Crippen LogP contribution in [0.25, 0.3) is 0 Å². The van der Waals surface area contributed by atoms with E-state index in [9.17, 15) is 4.79 Å². The van der Waals surface area contributed by atoms with Gasteiger partial charge in [0, 0.05) is 6.54 Å². The third kappa shape index (κ3) is 8.00. The van der Waals surface area contributed by atoms with E-state index in [2.05, 4.69) is 27.9 Å². The van der Waals surface area contributed by atoms with Gasteiger partial charge in [-0.2, -0.15) is 0 Å². The molecule has 1 amide bonds. The molecule has 0 bridgehead atoms. The second-order valence-corrected chi connectivity index (χ2v) is 3.06. The average Bonchev–Trinajstić information content (AvgIpc) is 1.87. The lowest BCUT2D eigenvalue weighted by Crippen LogP contribution is -2.21. The number of carbonyl (C=O) groups is 1. The third-order valence-corrected chi connectivity index (χ3v) is 1.85. The summed E-state index contributed by atoms with van der Waals surface area (Å²) in [5.41, 5.74) is 0. The first-order chi connectivity index (χ1) is 4.77. The van der Waals surface area contributed by atoms with Gasteiger partial charge in [-0.1, -0.05) is 29.0 Å². The molecule has 0 heterocycles. The molecular weight excluding hydrogens is 245 g/mol.